The molecule has 25 heavy (non-hydrogen) atoms. The second-order valence-electron chi connectivity index (χ2n) is 5.97. The Morgan fingerprint density at radius 3 is 2.80 bits per heavy atom. The van der Waals surface area contributed by atoms with E-state index < -0.39 is 17.7 Å². The Bertz CT molecular complexity index is 702. The molecule has 1 N–H and O–H groups in total. The molecular formula is C17H18FN3O3S. The number of halogens is 1. The number of nitrogens with zero attached hydrogens (tertiary/aromatic N) is 2. The van der Waals surface area contributed by atoms with Crippen LogP contribution in [0.2, 0.25) is 0 Å². The van der Waals surface area contributed by atoms with Crippen LogP contribution < -0.4 is 5.32 Å². The van der Waals surface area contributed by atoms with Crippen molar-refractivity contribution in [3.63, 3.8) is 0 Å². The smallest absolute Gasteiger partial charge is 0.247 e. The predicted octanol–water partition coefficient (Wildman–Crippen LogP) is 1.43. The standard InChI is InChI=1S/C17H18FN3O3S/c18-12-5-3-11(4-6-12)10-21-16(23)14(15(22)20-17(21)25)9-19-8-13-2-1-7-24-13/h3-6,9,13-14H,1-2,7-8,10H2,(H,20,22,25)/t13-,14-/m1/s1. The van der Waals surface area contributed by atoms with Gasteiger partial charge >= 0.3 is 0 Å². The molecular weight excluding hydrogens is 345 g/mol. The van der Waals surface area contributed by atoms with Crippen LogP contribution in [0.25, 0.3) is 0 Å². The minimum absolute atomic E-state index is 0.0445. The van der Waals surface area contributed by atoms with E-state index in [1.165, 1.54) is 23.2 Å². The van der Waals surface area contributed by atoms with Crippen molar-refractivity contribution in [2.24, 2.45) is 10.9 Å². The molecule has 3 rings (SSSR count). The lowest BCUT2D eigenvalue weighted by Gasteiger charge is -2.31. The van der Waals surface area contributed by atoms with Gasteiger partial charge in [0.1, 0.15) is 5.82 Å². The third-order valence-corrected chi connectivity index (χ3v) is 4.45. The summed E-state index contributed by atoms with van der Waals surface area (Å²) in [5, 5.41) is 2.57. The predicted molar refractivity (Wildman–Crippen MR) is 93.5 cm³/mol. The van der Waals surface area contributed by atoms with Gasteiger partial charge < -0.3 is 10.1 Å². The summed E-state index contributed by atoms with van der Waals surface area (Å²) < 4.78 is 18.5. The second-order valence-corrected chi connectivity index (χ2v) is 6.36. The monoisotopic (exact) mass is 363 g/mol. The maximum Gasteiger partial charge on any atom is 0.247 e. The Labute approximate surface area is 150 Å². The summed E-state index contributed by atoms with van der Waals surface area (Å²) in [4.78, 5) is 30.2. The largest absolute Gasteiger partial charge is 0.376 e. The number of thiocarbonyl (C=S) groups is 1. The summed E-state index contributed by atoms with van der Waals surface area (Å²) in [5.41, 5.74) is 0.711. The van der Waals surface area contributed by atoms with Gasteiger partial charge in [-0.3, -0.25) is 19.5 Å². The number of rotatable bonds is 5. The Morgan fingerprint density at radius 2 is 2.12 bits per heavy atom. The van der Waals surface area contributed by atoms with Crippen LogP contribution in [0.1, 0.15) is 18.4 Å². The molecule has 2 fully saturated rings. The van der Waals surface area contributed by atoms with Crippen LogP contribution in [0.3, 0.4) is 0 Å². The molecule has 0 unspecified atom stereocenters. The number of aliphatic imine (C=N–C) groups is 1. The van der Waals surface area contributed by atoms with Gasteiger partial charge in [0.2, 0.25) is 11.8 Å². The Morgan fingerprint density at radius 1 is 1.36 bits per heavy atom. The van der Waals surface area contributed by atoms with E-state index in [0.717, 1.165) is 19.4 Å². The summed E-state index contributed by atoms with van der Waals surface area (Å²) in [6, 6.07) is 5.77. The molecule has 132 valence electrons. The molecule has 2 saturated heterocycles. The summed E-state index contributed by atoms with van der Waals surface area (Å²) >= 11 is 5.09. The molecule has 8 heteroatoms. The van der Waals surface area contributed by atoms with E-state index >= 15 is 0 Å². The van der Waals surface area contributed by atoms with Gasteiger partial charge in [0, 0.05) is 12.8 Å². The van der Waals surface area contributed by atoms with E-state index in [9.17, 15) is 14.0 Å². The number of carbonyl (C=O) groups is 2. The molecule has 1 aromatic carbocycles. The highest BCUT2D eigenvalue weighted by Gasteiger charge is 2.37. The van der Waals surface area contributed by atoms with Crippen LogP contribution in [-0.2, 0) is 20.9 Å². The lowest BCUT2D eigenvalue weighted by molar-refractivity contribution is -0.138. The zero-order valence-electron chi connectivity index (χ0n) is 13.5. The van der Waals surface area contributed by atoms with Crippen LogP contribution in [0.4, 0.5) is 4.39 Å². The molecule has 0 aliphatic carbocycles. The van der Waals surface area contributed by atoms with Crippen molar-refractivity contribution < 1.29 is 18.7 Å². The minimum Gasteiger partial charge on any atom is -0.376 e. The fraction of sp³-hybridized carbons (Fsp3) is 0.412. The number of hydrogen-bond donors (Lipinski definition) is 1. The van der Waals surface area contributed by atoms with Crippen molar-refractivity contribution in [1.29, 1.82) is 0 Å². The molecule has 2 heterocycles. The Hall–Kier alpha value is -2.19. The van der Waals surface area contributed by atoms with Crippen LogP contribution in [0.5, 0.6) is 0 Å². The molecule has 0 saturated carbocycles. The van der Waals surface area contributed by atoms with Crippen molar-refractivity contribution in [3.05, 3.63) is 35.6 Å². The van der Waals surface area contributed by atoms with E-state index in [1.54, 1.807) is 12.1 Å². The third kappa shape index (κ3) is 4.26. The first kappa shape index (κ1) is 17.6. The van der Waals surface area contributed by atoms with E-state index in [2.05, 4.69) is 10.3 Å². The number of carbonyl (C=O) groups excluding carboxylic acids is 2. The highest BCUT2D eigenvalue weighted by molar-refractivity contribution is 7.80. The van der Waals surface area contributed by atoms with Crippen molar-refractivity contribution in [2.75, 3.05) is 13.2 Å². The number of benzene rings is 1. The zero-order valence-corrected chi connectivity index (χ0v) is 14.3. The molecule has 6 nitrogen and oxygen atoms in total. The van der Waals surface area contributed by atoms with Crippen molar-refractivity contribution in [3.8, 4) is 0 Å². The lowest BCUT2D eigenvalue weighted by atomic mass is 10.1. The molecule has 2 aliphatic rings. The maximum absolute atomic E-state index is 13.0. The van der Waals surface area contributed by atoms with Crippen molar-refractivity contribution in [2.45, 2.75) is 25.5 Å². The third-order valence-electron chi connectivity index (χ3n) is 4.13. The highest BCUT2D eigenvalue weighted by atomic mass is 32.1. The molecule has 2 atom stereocenters. The first-order chi connectivity index (χ1) is 12.0. The lowest BCUT2D eigenvalue weighted by Crippen LogP contribution is -2.57. The Balaban J connectivity index is 1.67. The van der Waals surface area contributed by atoms with Gasteiger partial charge in [0.05, 0.1) is 19.2 Å². The highest BCUT2D eigenvalue weighted by Crippen LogP contribution is 2.15. The maximum atomic E-state index is 13.0. The Kier molecular flexibility index (Phi) is 5.50. The van der Waals surface area contributed by atoms with Crippen LogP contribution in [-0.4, -0.2) is 47.3 Å². The second kappa shape index (κ2) is 7.79. The number of ether oxygens (including phenoxy) is 1. The summed E-state index contributed by atoms with van der Waals surface area (Å²) in [5.74, 6) is -2.30. The first-order valence-electron chi connectivity index (χ1n) is 8.07. The van der Waals surface area contributed by atoms with E-state index in [0.29, 0.717) is 12.1 Å². The zero-order chi connectivity index (χ0) is 17.8. The van der Waals surface area contributed by atoms with Crippen molar-refractivity contribution in [1.82, 2.24) is 10.2 Å². The van der Waals surface area contributed by atoms with Gasteiger partial charge in [-0.15, -0.1) is 0 Å². The summed E-state index contributed by atoms with van der Waals surface area (Å²) in [6.07, 6.45) is 3.35. The van der Waals surface area contributed by atoms with Gasteiger partial charge in [-0.25, -0.2) is 4.39 Å². The van der Waals surface area contributed by atoms with Gasteiger partial charge in [-0.05, 0) is 42.8 Å². The quantitative estimate of drug-likeness (QED) is 0.488. The molecule has 0 radical (unpaired) electrons. The number of amides is 2. The topological polar surface area (TPSA) is 71.0 Å². The molecule has 0 spiro atoms. The van der Waals surface area contributed by atoms with Crippen LogP contribution in [0, 0.1) is 11.7 Å². The number of nitrogens with one attached hydrogen (secondary N) is 1. The van der Waals surface area contributed by atoms with Gasteiger partial charge in [0.15, 0.2) is 11.0 Å². The van der Waals surface area contributed by atoms with Gasteiger partial charge in [0.25, 0.3) is 0 Å². The molecule has 2 amide bonds. The molecule has 2 aliphatic heterocycles. The van der Waals surface area contributed by atoms with Crippen LogP contribution in [0.15, 0.2) is 29.3 Å². The first-order valence-corrected chi connectivity index (χ1v) is 8.47. The molecule has 0 aromatic heterocycles. The van der Waals surface area contributed by atoms with E-state index in [1.807, 2.05) is 0 Å². The molecule has 1 aromatic rings. The van der Waals surface area contributed by atoms with E-state index in [4.69, 9.17) is 17.0 Å². The SMILES string of the molecule is O=C1NC(=S)N(Cc2ccc(F)cc2)C(=O)[C@@H]1C=NC[C@H]1CCCO1. The summed E-state index contributed by atoms with van der Waals surface area (Å²) in [7, 11) is 0. The number of hydrogen-bond acceptors (Lipinski definition) is 5. The fourth-order valence-corrected chi connectivity index (χ4v) is 3.01. The normalized spacial score (nSPS) is 24.2. The fourth-order valence-electron chi connectivity index (χ4n) is 2.76. The van der Waals surface area contributed by atoms with Crippen molar-refractivity contribution >= 4 is 35.4 Å². The van der Waals surface area contributed by atoms with E-state index in [-0.39, 0.29) is 23.6 Å². The molecule has 0 bridgehead atoms. The summed E-state index contributed by atoms with van der Waals surface area (Å²) in [6.45, 7) is 1.32. The van der Waals surface area contributed by atoms with Crippen LogP contribution >= 0.6 is 12.2 Å². The average molecular weight is 363 g/mol. The van der Waals surface area contributed by atoms with Gasteiger partial charge in [-0.1, -0.05) is 12.1 Å². The van der Waals surface area contributed by atoms with Gasteiger partial charge in [-0.2, -0.15) is 0 Å². The average Bonchev–Trinajstić information content (AvgIpc) is 3.09. The minimum atomic E-state index is -1.02.